The highest BCUT2D eigenvalue weighted by molar-refractivity contribution is 5.38. The molecule has 0 atom stereocenters. The molecule has 14 heavy (non-hydrogen) atoms. The molecule has 1 rings (SSSR count). The Morgan fingerprint density at radius 3 is 2.71 bits per heavy atom. The molecular weight excluding hydrogens is 182 g/mol. The van der Waals surface area contributed by atoms with Crippen LogP contribution in [0.4, 0.5) is 5.82 Å². The predicted molar refractivity (Wildman–Crippen MR) is 53.7 cm³/mol. The van der Waals surface area contributed by atoms with Crippen molar-refractivity contribution in [1.29, 1.82) is 0 Å². The molecule has 0 spiro atoms. The lowest BCUT2D eigenvalue weighted by molar-refractivity contribution is 0.203. The second-order valence-corrected chi connectivity index (χ2v) is 2.96. The Morgan fingerprint density at radius 1 is 1.43 bits per heavy atom. The average Bonchev–Trinajstić information content (AvgIpc) is 2.26. The van der Waals surface area contributed by atoms with Crippen molar-refractivity contribution in [1.82, 2.24) is 4.98 Å². The van der Waals surface area contributed by atoms with Gasteiger partial charge in [0.1, 0.15) is 5.82 Å². The molecule has 0 aliphatic heterocycles. The molecule has 0 bridgehead atoms. The summed E-state index contributed by atoms with van der Waals surface area (Å²) in [6.45, 7) is 0.177. The van der Waals surface area contributed by atoms with Crippen molar-refractivity contribution in [3.05, 3.63) is 23.9 Å². The number of aromatic nitrogens is 1. The first-order valence-electron chi connectivity index (χ1n) is 4.43. The fourth-order valence-electron chi connectivity index (χ4n) is 1.04. The van der Waals surface area contributed by atoms with Gasteiger partial charge in [0.15, 0.2) is 0 Å². The van der Waals surface area contributed by atoms with Crippen LogP contribution in [0.2, 0.25) is 0 Å². The van der Waals surface area contributed by atoms with Crippen LogP contribution in [0, 0.1) is 0 Å². The van der Waals surface area contributed by atoms with E-state index in [4.69, 9.17) is 15.9 Å². The van der Waals surface area contributed by atoms with Crippen molar-refractivity contribution in [2.75, 3.05) is 18.5 Å². The number of aliphatic hydroxyl groups excluding tert-OH is 2. The summed E-state index contributed by atoms with van der Waals surface area (Å²) in [6, 6.07) is 3.23. The average molecular weight is 197 g/mol. The van der Waals surface area contributed by atoms with Crippen LogP contribution in [-0.4, -0.2) is 34.5 Å². The predicted octanol–water partition coefficient (Wildman–Crippen LogP) is -0.695. The maximum Gasteiger partial charge on any atom is 0.126 e. The first-order chi connectivity index (χ1) is 6.80. The van der Waals surface area contributed by atoms with Crippen LogP contribution < -0.4 is 11.1 Å². The molecule has 78 valence electrons. The van der Waals surface area contributed by atoms with Crippen LogP contribution in [0.5, 0.6) is 0 Å². The highest BCUT2D eigenvalue weighted by Crippen LogP contribution is 2.07. The van der Waals surface area contributed by atoms with Crippen LogP contribution in [0.1, 0.15) is 5.56 Å². The second kappa shape index (κ2) is 5.54. The van der Waals surface area contributed by atoms with Crippen LogP contribution in [0.15, 0.2) is 18.3 Å². The number of anilines is 1. The molecule has 0 aliphatic carbocycles. The Bertz CT molecular complexity index is 277. The zero-order valence-corrected chi connectivity index (χ0v) is 7.85. The molecule has 5 nitrogen and oxygen atoms in total. The van der Waals surface area contributed by atoms with Crippen LogP contribution in [0.25, 0.3) is 0 Å². The summed E-state index contributed by atoms with van der Waals surface area (Å²) in [6.07, 6.45) is 1.64. The Kier molecular flexibility index (Phi) is 4.31. The smallest absolute Gasteiger partial charge is 0.126 e. The van der Waals surface area contributed by atoms with Crippen molar-refractivity contribution in [2.24, 2.45) is 5.73 Å². The number of nitrogens with zero attached hydrogens (tertiary/aromatic N) is 1. The topological polar surface area (TPSA) is 91.4 Å². The van der Waals surface area contributed by atoms with Gasteiger partial charge in [0, 0.05) is 12.7 Å². The third-order valence-electron chi connectivity index (χ3n) is 1.85. The molecule has 1 aromatic rings. The van der Waals surface area contributed by atoms with Crippen molar-refractivity contribution in [3.8, 4) is 0 Å². The summed E-state index contributed by atoms with van der Waals surface area (Å²) in [5.41, 5.74) is 6.42. The first-order valence-corrected chi connectivity index (χ1v) is 4.43. The third kappa shape index (κ3) is 2.95. The van der Waals surface area contributed by atoms with E-state index in [0.29, 0.717) is 12.4 Å². The summed E-state index contributed by atoms with van der Waals surface area (Å²) in [4.78, 5) is 4.03. The molecule has 0 fully saturated rings. The minimum absolute atomic E-state index is 0.134. The maximum absolute atomic E-state index is 8.84. The van der Waals surface area contributed by atoms with E-state index in [2.05, 4.69) is 10.3 Å². The molecule has 5 heteroatoms. The summed E-state index contributed by atoms with van der Waals surface area (Å²) in [5, 5.41) is 20.6. The molecule has 0 amide bonds. The molecule has 0 unspecified atom stereocenters. The van der Waals surface area contributed by atoms with Crippen LogP contribution >= 0.6 is 0 Å². The Balaban J connectivity index is 2.65. The molecule has 0 saturated carbocycles. The van der Waals surface area contributed by atoms with E-state index in [-0.39, 0.29) is 19.3 Å². The Labute approximate surface area is 82.6 Å². The van der Waals surface area contributed by atoms with Crippen molar-refractivity contribution in [2.45, 2.75) is 12.6 Å². The third-order valence-corrected chi connectivity index (χ3v) is 1.85. The van der Waals surface area contributed by atoms with E-state index in [9.17, 15) is 0 Å². The van der Waals surface area contributed by atoms with E-state index < -0.39 is 0 Å². The number of rotatable bonds is 5. The largest absolute Gasteiger partial charge is 0.394 e. The van der Waals surface area contributed by atoms with Gasteiger partial charge in [0.05, 0.1) is 19.3 Å². The van der Waals surface area contributed by atoms with Gasteiger partial charge < -0.3 is 21.3 Å². The molecule has 0 radical (unpaired) electrons. The van der Waals surface area contributed by atoms with Gasteiger partial charge in [-0.25, -0.2) is 4.98 Å². The minimum atomic E-state index is -0.379. The molecule has 1 aromatic heterocycles. The normalized spacial score (nSPS) is 10.6. The number of pyridine rings is 1. The number of hydrogen-bond donors (Lipinski definition) is 4. The standard InChI is InChI=1S/C9H15N3O2/c10-4-7-1-2-11-9(3-7)12-8(5-13)6-14/h1-3,8,13-14H,4-6,10H2,(H,11,12). The van der Waals surface area contributed by atoms with E-state index >= 15 is 0 Å². The lowest BCUT2D eigenvalue weighted by Gasteiger charge is -2.14. The van der Waals surface area contributed by atoms with E-state index in [1.54, 1.807) is 12.3 Å². The van der Waals surface area contributed by atoms with Gasteiger partial charge >= 0.3 is 0 Å². The number of aliphatic hydroxyl groups is 2. The summed E-state index contributed by atoms with van der Waals surface area (Å²) >= 11 is 0. The molecule has 0 aromatic carbocycles. The zero-order chi connectivity index (χ0) is 10.4. The van der Waals surface area contributed by atoms with E-state index in [1.807, 2.05) is 6.07 Å². The van der Waals surface area contributed by atoms with Gasteiger partial charge in [0.25, 0.3) is 0 Å². The SMILES string of the molecule is NCc1ccnc(NC(CO)CO)c1. The summed E-state index contributed by atoms with van der Waals surface area (Å²) in [5.74, 6) is 0.612. The summed E-state index contributed by atoms with van der Waals surface area (Å²) < 4.78 is 0. The molecule has 1 heterocycles. The Morgan fingerprint density at radius 2 is 2.14 bits per heavy atom. The highest BCUT2D eigenvalue weighted by atomic mass is 16.3. The fourth-order valence-corrected chi connectivity index (χ4v) is 1.04. The molecular formula is C9H15N3O2. The van der Waals surface area contributed by atoms with Crippen LogP contribution in [0.3, 0.4) is 0 Å². The van der Waals surface area contributed by atoms with E-state index in [0.717, 1.165) is 5.56 Å². The van der Waals surface area contributed by atoms with Crippen molar-refractivity contribution < 1.29 is 10.2 Å². The van der Waals surface area contributed by atoms with Gasteiger partial charge in [-0.3, -0.25) is 0 Å². The van der Waals surface area contributed by atoms with Gasteiger partial charge in [-0.05, 0) is 17.7 Å². The lowest BCUT2D eigenvalue weighted by atomic mass is 10.2. The van der Waals surface area contributed by atoms with Gasteiger partial charge in [0.2, 0.25) is 0 Å². The number of hydrogen-bond acceptors (Lipinski definition) is 5. The zero-order valence-electron chi connectivity index (χ0n) is 7.85. The number of nitrogens with two attached hydrogens (primary N) is 1. The van der Waals surface area contributed by atoms with Crippen LogP contribution in [-0.2, 0) is 6.54 Å². The number of nitrogens with one attached hydrogen (secondary N) is 1. The monoisotopic (exact) mass is 197 g/mol. The Hall–Kier alpha value is -1.17. The lowest BCUT2D eigenvalue weighted by Crippen LogP contribution is -2.28. The van der Waals surface area contributed by atoms with Gasteiger partial charge in [-0.15, -0.1) is 0 Å². The van der Waals surface area contributed by atoms with Crippen molar-refractivity contribution >= 4 is 5.82 Å². The van der Waals surface area contributed by atoms with Gasteiger partial charge in [-0.1, -0.05) is 0 Å². The quantitative estimate of drug-likeness (QED) is 0.501. The maximum atomic E-state index is 8.84. The molecule has 0 aliphatic rings. The second-order valence-electron chi connectivity index (χ2n) is 2.96. The molecule has 5 N–H and O–H groups in total. The fraction of sp³-hybridized carbons (Fsp3) is 0.444. The van der Waals surface area contributed by atoms with Gasteiger partial charge in [-0.2, -0.15) is 0 Å². The minimum Gasteiger partial charge on any atom is -0.394 e. The highest BCUT2D eigenvalue weighted by Gasteiger charge is 2.05. The first kappa shape index (κ1) is 10.9. The summed E-state index contributed by atoms with van der Waals surface area (Å²) in [7, 11) is 0. The van der Waals surface area contributed by atoms with E-state index in [1.165, 1.54) is 0 Å². The molecule has 0 saturated heterocycles. The van der Waals surface area contributed by atoms with Crippen molar-refractivity contribution in [3.63, 3.8) is 0 Å².